The first-order valence-corrected chi connectivity index (χ1v) is 16.6. The number of aliphatic hydroxyl groups excluding tert-OH is 2. The van der Waals surface area contributed by atoms with Crippen molar-refractivity contribution in [3.05, 3.63) is 23.3 Å². The molecule has 0 aromatic heterocycles. The van der Waals surface area contributed by atoms with Crippen LogP contribution in [0.4, 0.5) is 0 Å². The molecule has 4 aliphatic rings. The standard InChI is InChI=1S/C27H44O10S2.2Na/c1-16(2)6-5-7-17(15-36-38(30,31)32)19-10-11-20-18-8-9-22-24(29)25(37-39(33,34)35)23(28)14-27(22,4)21(18)12-13-26(19,20)3;;/h6,9,17-21,23-25,28-29H,5,7-8,10-15H2,1-4H3,(H,30,31,32)(H,33,34,35);;/q;2*+1/p-2/t17-,18-,19+,20-,21-,23+,24+,25+,26+,27+;;/m0../s1. The Morgan fingerprint density at radius 2 is 1.73 bits per heavy atom. The average molecular weight is 637 g/mol. The molecule has 4 rings (SSSR count). The van der Waals surface area contributed by atoms with Gasteiger partial charge >= 0.3 is 59.1 Å². The summed E-state index contributed by atoms with van der Waals surface area (Å²) in [6, 6.07) is 0. The smallest absolute Gasteiger partial charge is 0.726 e. The Balaban J connectivity index is 0.00000294. The van der Waals surface area contributed by atoms with Gasteiger partial charge in [0.1, 0.15) is 12.2 Å². The van der Waals surface area contributed by atoms with E-state index >= 15 is 0 Å². The van der Waals surface area contributed by atoms with Crippen LogP contribution in [0.25, 0.3) is 0 Å². The van der Waals surface area contributed by atoms with E-state index in [9.17, 15) is 36.2 Å². The largest absolute Gasteiger partial charge is 1.00 e. The number of allylic oxidation sites excluding steroid dienone is 3. The normalized spacial score (nSPS) is 39.1. The molecule has 0 radical (unpaired) electrons. The van der Waals surface area contributed by atoms with Gasteiger partial charge in [0.15, 0.2) is 0 Å². The van der Waals surface area contributed by atoms with Crippen molar-refractivity contribution in [2.24, 2.45) is 40.4 Å². The van der Waals surface area contributed by atoms with Gasteiger partial charge in [0.2, 0.25) is 20.8 Å². The molecular formula is C27H42Na2O10S2. The summed E-state index contributed by atoms with van der Waals surface area (Å²) in [5.41, 5.74) is 1.16. The summed E-state index contributed by atoms with van der Waals surface area (Å²) in [6.45, 7) is 8.20. The minimum absolute atomic E-state index is 0. The molecule has 0 aromatic carbocycles. The quantitative estimate of drug-likeness (QED) is 0.117. The van der Waals surface area contributed by atoms with Crippen molar-refractivity contribution in [3.63, 3.8) is 0 Å². The van der Waals surface area contributed by atoms with Gasteiger partial charge in [-0.3, -0.25) is 8.37 Å². The maximum absolute atomic E-state index is 11.3. The Morgan fingerprint density at radius 1 is 1.07 bits per heavy atom. The van der Waals surface area contributed by atoms with Crippen LogP contribution in [-0.4, -0.2) is 61.1 Å². The van der Waals surface area contributed by atoms with Crippen LogP contribution in [0.5, 0.6) is 0 Å². The van der Waals surface area contributed by atoms with Crippen molar-refractivity contribution in [1.29, 1.82) is 0 Å². The van der Waals surface area contributed by atoms with Gasteiger partial charge in [0, 0.05) is 0 Å². The van der Waals surface area contributed by atoms with Gasteiger partial charge < -0.3 is 19.3 Å². The zero-order valence-corrected chi connectivity index (χ0v) is 30.7. The van der Waals surface area contributed by atoms with Crippen LogP contribution in [-0.2, 0) is 29.2 Å². The predicted molar refractivity (Wildman–Crippen MR) is 140 cm³/mol. The van der Waals surface area contributed by atoms with Gasteiger partial charge in [-0.15, -0.1) is 0 Å². The molecule has 3 fully saturated rings. The van der Waals surface area contributed by atoms with Crippen LogP contribution in [0.3, 0.4) is 0 Å². The molecule has 14 heteroatoms. The molecule has 0 heterocycles. The molecule has 41 heavy (non-hydrogen) atoms. The Bertz CT molecular complexity index is 1200. The average Bonchev–Trinajstić information content (AvgIpc) is 3.14. The topological polar surface area (TPSA) is 173 Å². The molecule has 0 amide bonds. The van der Waals surface area contributed by atoms with Crippen LogP contribution >= 0.6 is 0 Å². The van der Waals surface area contributed by atoms with E-state index in [-0.39, 0.29) is 101 Å². The summed E-state index contributed by atoms with van der Waals surface area (Å²) in [4.78, 5) is 0. The van der Waals surface area contributed by atoms with E-state index < -0.39 is 44.5 Å². The van der Waals surface area contributed by atoms with Gasteiger partial charge in [0.25, 0.3) is 0 Å². The van der Waals surface area contributed by atoms with Gasteiger partial charge in [-0.2, -0.15) is 0 Å². The molecular weight excluding hydrogens is 594 g/mol. The first-order valence-electron chi connectivity index (χ1n) is 13.9. The fourth-order valence-corrected chi connectivity index (χ4v) is 9.86. The molecule has 4 aliphatic carbocycles. The minimum atomic E-state index is -5.10. The molecule has 0 bridgehead atoms. The summed E-state index contributed by atoms with van der Waals surface area (Å²) in [5.74, 6) is 0.856. The van der Waals surface area contributed by atoms with Crippen molar-refractivity contribution in [1.82, 2.24) is 0 Å². The Kier molecular flexibility index (Phi) is 13.3. The monoisotopic (exact) mass is 636 g/mol. The fourth-order valence-electron chi connectivity index (χ4n) is 9.01. The number of fused-ring (bicyclic) bond motifs is 5. The van der Waals surface area contributed by atoms with Crippen molar-refractivity contribution in [3.8, 4) is 0 Å². The molecule has 0 spiro atoms. The third kappa shape index (κ3) is 8.30. The van der Waals surface area contributed by atoms with Crippen LogP contribution in [0.15, 0.2) is 23.3 Å². The summed E-state index contributed by atoms with van der Waals surface area (Å²) in [6.07, 6.45) is 5.78. The van der Waals surface area contributed by atoms with Crippen molar-refractivity contribution >= 4 is 20.8 Å². The van der Waals surface area contributed by atoms with E-state index in [1.165, 1.54) is 5.57 Å². The third-order valence-electron chi connectivity index (χ3n) is 10.6. The second-order valence-corrected chi connectivity index (χ2v) is 15.0. The summed E-state index contributed by atoms with van der Waals surface area (Å²) in [5, 5.41) is 21.8. The number of hydrogen-bond acceptors (Lipinski definition) is 10. The first-order chi connectivity index (χ1) is 18.0. The Labute approximate surface area is 289 Å². The molecule has 0 saturated heterocycles. The van der Waals surface area contributed by atoms with Gasteiger partial charge in [0.05, 0.1) is 12.7 Å². The molecule has 3 saturated carbocycles. The maximum atomic E-state index is 11.3. The molecule has 0 aliphatic heterocycles. The van der Waals surface area contributed by atoms with Gasteiger partial charge in [-0.1, -0.05) is 31.6 Å². The Morgan fingerprint density at radius 3 is 2.32 bits per heavy atom. The second-order valence-electron chi connectivity index (χ2n) is 12.9. The number of hydrogen-bond donors (Lipinski definition) is 2. The fraction of sp³-hybridized carbons (Fsp3) is 0.852. The molecule has 224 valence electrons. The van der Waals surface area contributed by atoms with Crippen LogP contribution < -0.4 is 59.1 Å². The van der Waals surface area contributed by atoms with E-state index in [0.717, 1.165) is 38.5 Å². The zero-order valence-electron chi connectivity index (χ0n) is 25.1. The number of rotatable bonds is 9. The van der Waals surface area contributed by atoms with Crippen molar-refractivity contribution < 1.29 is 104 Å². The second kappa shape index (κ2) is 14.3. The third-order valence-corrected chi connectivity index (χ3v) is 11.4. The van der Waals surface area contributed by atoms with E-state index in [1.807, 2.05) is 26.8 Å². The summed E-state index contributed by atoms with van der Waals surface area (Å²) >= 11 is 0. The predicted octanol–water partition coefficient (Wildman–Crippen LogP) is -2.80. The molecule has 2 N–H and O–H groups in total. The molecule has 10 nitrogen and oxygen atoms in total. The maximum Gasteiger partial charge on any atom is 1.00 e. The molecule has 10 atom stereocenters. The summed E-state index contributed by atoms with van der Waals surface area (Å²) < 4.78 is 76.9. The van der Waals surface area contributed by atoms with Gasteiger partial charge in [-0.25, -0.2) is 16.8 Å². The minimum Gasteiger partial charge on any atom is -0.726 e. The van der Waals surface area contributed by atoms with Crippen molar-refractivity contribution in [2.75, 3.05) is 6.61 Å². The molecule has 0 aromatic rings. The van der Waals surface area contributed by atoms with Crippen LogP contribution in [0.2, 0.25) is 0 Å². The van der Waals surface area contributed by atoms with E-state index in [2.05, 4.69) is 17.2 Å². The number of aliphatic hydroxyl groups is 2. The van der Waals surface area contributed by atoms with Crippen molar-refractivity contribution in [2.45, 2.75) is 97.4 Å². The van der Waals surface area contributed by atoms with Crippen LogP contribution in [0.1, 0.15) is 79.1 Å². The summed E-state index contributed by atoms with van der Waals surface area (Å²) in [7, 11) is -9.89. The zero-order chi connectivity index (χ0) is 29.0. The van der Waals surface area contributed by atoms with Crippen LogP contribution in [0, 0.1) is 40.4 Å². The van der Waals surface area contributed by atoms with E-state index in [0.29, 0.717) is 17.9 Å². The van der Waals surface area contributed by atoms with E-state index in [4.69, 9.17) is 4.18 Å². The molecule has 0 unspecified atom stereocenters. The SMILES string of the molecule is CC(C)=CCC[C@@H](COS(=O)(=O)[O-])[C@H]1CC[C@H]2[C@@H]3CC=C4[C@@H](O)[C@H](OS(=O)(=O)[O-])[C@H](O)C[C@]4(C)[C@H]3CC[C@]12C.[Na+].[Na+]. The van der Waals surface area contributed by atoms with Gasteiger partial charge in [-0.05, 0) is 111 Å². The van der Waals surface area contributed by atoms with E-state index in [1.54, 1.807) is 0 Å². The first kappa shape index (κ1) is 38.3. The Hall–Kier alpha value is 1.14.